The van der Waals surface area contributed by atoms with E-state index in [-0.39, 0.29) is 12.1 Å². The first-order chi connectivity index (χ1) is 15.1. The van der Waals surface area contributed by atoms with Crippen LogP contribution in [-0.2, 0) is 11.3 Å². The molecule has 31 heavy (non-hydrogen) atoms. The number of hydrogen-bond donors (Lipinski definition) is 1. The van der Waals surface area contributed by atoms with Crippen LogP contribution in [0.1, 0.15) is 54.6 Å². The molecule has 1 aromatic heterocycles. The number of rotatable bonds is 6. The molecule has 0 spiro atoms. The zero-order valence-corrected chi connectivity index (χ0v) is 18.5. The van der Waals surface area contributed by atoms with Crippen LogP contribution in [0.2, 0.25) is 0 Å². The molecule has 0 saturated carbocycles. The number of urea groups is 1. The minimum Gasteiger partial charge on any atom is -0.385 e. The van der Waals surface area contributed by atoms with Crippen LogP contribution >= 0.6 is 0 Å². The summed E-state index contributed by atoms with van der Waals surface area (Å²) in [6.45, 7) is 6.16. The van der Waals surface area contributed by atoms with Gasteiger partial charge in [-0.05, 0) is 47.2 Å². The standard InChI is InChI=1S/C26H31N3O2/c1-19(2)20-11-13-21(14-12-20)25-24-10-6-16-28(24)23-9-5-4-8-22(23)18-29(25)26(30)27-15-7-17-31-3/h4-6,8-14,16,19,25H,7,15,17-18H2,1-3H3,(H,27,30). The average molecular weight is 418 g/mol. The highest BCUT2D eigenvalue weighted by Gasteiger charge is 2.32. The van der Waals surface area contributed by atoms with E-state index in [2.05, 4.69) is 84.5 Å². The summed E-state index contributed by atoms with van der Waals surface area (Å²) in [6, 6.07) is 21.0. The Bertz CT molecular complexity index is 1020. The topological polar surface area (TPSA) is 46.5 Å². The van der Waals surface area contributed by atoms with Gasteiger partial charge >= 0.3 is 6.03 Å². The van der Waals surface area contributed by atoms with Crippen molar-refractivity contribution in [2.75, 3.05) is 20.3 Å². The van der Waals surface area contributed by atoms with Crippen molar-refractivity contribution in [2.45, 2.75) is 38.8 Å². The van der Waals surface area contributed by atoms with Crippen LogP contribution in [0.4, 0.5) is 4.79 Å². The lowest BCUT2D eigenvalue weighted by Crippen LogP contribution is -2.42. The van der Waals surface area contributed by atoms with E-state index >= 15 is 0 Å². The molecule has 1 atom stereocenters. The summed E-state index contributed by atoms with van der Waals surface area (Å²) in [7, 11) is 1.68. The molecule has 162 valence electrons. The first kappa shape index (κ1) is 21.2. The second-order valence-corrected chi connectivity index (χ2v) is 8.36. The van der Waals surface area contributed by atoms with Gasteiger partial charge in [0.05, 0.1) is 18.3 Å². The van der Waals surface area contributed by atoms with Gasteiger partial charge in [0.25, 0.3) is 0 Å². The highest BCUT2D eigenvalue weighted by atomic mass is 16.5. The van der Waals surface area contributed by atoms with Crippen LogP contribution in [0.15, 0.2) is 66.9 Å². The van der Waals surface area contributed by atoms with E-state index in [0.717, 1.165) is 28.9 Å². The Balaban J connectivity index is 1.75. The molecule has 1 aliphatic heterocycles. The molecule has 0 radical (unpaired) electrons. The second-order valence-electron chi connectivity index (χ2n) is 8.36. The maximum Gasteiger partial charge on any atom is 0.318 e. The van der Waals surface area contributed by atoms with Crippen LogP contribution in [0.5, 0.6) is 0 Å². The number of amides is 2. The van der Waals surface area contributed by atoms with Gasteiger partial charge in [-0.2, -0.15) is 0 Å². The molecule has 1 unspecified atom stereocenters. The number of carbonyl (C=O) groups excluding carboxylic acids is 1. The molecule has 5 heteroatoms. The summed E-state index contributed by atoms with van der Waals surface area (Å²) >= 11 is 0. The van der Waals surface area contributed by atoms with Crippen molar-refractivity contribution >= 4 is 6.03 Å². The summed E-state index contributed by atoms with van der Waals surface area (Å²) in [4.78, 5) is 15.3. The van der Waals surface area contributed by atoms with Gasteiger partial charge in [0.1, 0.15) is 0 Å². The molecule has 3 aromatic rings. The van der Waals surface area contributed by atoms with E-state index in [4.69, 9.17) is 4.74 Å². The molecule has 2 heterocycles. The Morgan fingerprint density at radius 1 is 1.10 bits per heavy atom. The third-order valence-electron chi connectivity index (χ3n) is 5.95. The van der Waals surface area contributed by atoms with Gasteiger partial charge in [0, 0.05) is 32.2 Å². The number of aromatic nitrogens is 1. The van der Waals surface area contributed by atoms with Crippen molar-refractivity contribution in [3.63, 3.8) is 0 Å². The Morgan fingerprint density at radius 3 is 2.61 bits per heavy atom. The summed E-state index contributed by atoms with van der Waals surface area (Å²) < 4.78 is 7.34. The number of hydrogen-bond acceptors (Lipinski definition) is 2. The van der Waals surface area contributed by atoms with Gasteiger partial charge in [0.2, 0.25) is 0 Å². The molecular weight excluding hydrogens is 386 g/mol. The number of nitrogens with zero attached hydrogens (tertiary/aromatic N) is 2. The number of fused-ring (bicyclic) bond motifs is 3. The van der Waals surface area contributed by atoms with Crippen molar-refractivity contribution in [3.05, 3.63) is 89.2 Å². The lowest BCUT2D eigenvalue weighted by atomic mass is 9.97. The van der Waals surface area contributed by atoms with Crippen LogP contribution < -0.4 is 5.32 Å². The number of carbonyl (C=O) groups is 1. The average Bonchev–Trinajstić information content (AvgIpc) is 3.21. The van der Waals surface area contributed by atoms with E-state index in [1.54, 1.807) is 7.11 Å². The minimum atomic E-state index is -0.175. The fraction of sp³-hybridized carbons (Fsp3) is 0.346. The van der Waals surface area contributed by atoms with Crippen molar-refractivity contribution in [3.8, 4) is 5.69 Å². The molecule has 0 saturated heterocycles. The van der Waals surface area contributed by atoms with Gasteiger partial charge < -0.3 is 19.5 Å². The monoisotopic (exact) mass is 417 g/mol. The largest absolute Gasteiger partial charge is 0.385 e. The predicted molar refractivity (Wildman–Crippen MR) is 124 cm³/mol. The van der Waals surface area contributed by atoms with Gasteiger partial charge in [-0.25, -0.2) is 4.79 Å². The van der Waals surface area contributed by atoms with Crippen LogP contribution in [0.3, 0.4) is 0 Å². The number of benzene rings is 2. The second kappa shape index (κ2) is 9.40. The summed E-state index contributed by atoms with van der Waals surface area (Å²) in [5.41, 5.74) is 5.76. The molecule has 0 bridgehead atoms. The first-order valence-electron chi connectivity index (χ1n) is 11.0. The molecule has 2 amide bonds. The Labute approximate surface area is 184 Å². The maximum absolute atomic E-state index is 13.4. The molecule has 0 aliphatic carbocycles. The summed E-state index contributed by atoms with van der Waals surface area (Å²) in [5, 5.41) is 3.10. The van der Waals surface area contributed by atoms with Gasteiger partial charge in [0.15, 0.2) is 0 Å². The van der Waals surface area contributed by atoms with Crippen LogP contribution in [-0.4, -0.2) is 35.8 Å². The van der Waals surface area contributed by atoms with Crippen molar-refractivity contribution < 1.29 is 9.53 Å². The third kappa shape index (κ3) is 4.37. The molecule has 0 fully saturated rings. The smallest absolute Gasteiger partial charge is 0.318 e. The number of para-hydroxylation sites is 1. The zero-order chi connectivity index (χ0) is 21.8. The lowest BCUT2D eigenvalue weighted by Gasteiger charge is -2.31. The zero-order valence-electron chi connectivity index (χ0n) is 18.5. The van der Waals surface area contributed by atoms with E-state index in [1.807, 2.05) is 11.0 Å². The first-order valence-corrected chi connectivity index (χ1v) is 11.0. The predicted octanol–water partition coefficient (Wildman–Crippen LogP) is 5.25. The third-order valence-corrected chi connectivity index (χ3v) is 5.95. The Morgan fingerprint density at radius 2 is 1.87 bits per heavy atom. The molecule has 4 rings (SSSR count). The molecule has 1 aliphatic rings. The molecular formula is C26H31N3O2. The van der Waals surface area contributed by atoms with Crippen LogP contribution in [0.25, 0.3) is 5.69 Å². The number of nitrogens with one attached hydrogen (secondary N) is 1. The Hall–Kier alpha value is -3.05. The normalized spacial score (nSPS) is 15.4. The summed E-state index contributed by atoms with van der Waals surface area (Å²) in [5.74, 6) is 0.469. The molecule has 1 N–H and O–H groups in total. The van der Waals surface area contributed by atoms with E-state index in [1.165, 1.54) is 5.56 Å². The van der Waals surface area contributed by atoms with Crippen molar-refractivity contribution in [1.82, 2.24) is 14.8 Å². The van der Waals surface area contributed by atoms with Gasteiger partial charge in [-0.15, -0.1) is 0 Å². The fourth-order valence-electron chi connectivity index (χ4n) is 4.27. The van der Waals surface area contributed by atoms with E-state index in [0.29, 0.717) is 25.6 Å². The molecule has 5 nitrogen and oxygen atoms in total. The maximum atomic E-state index is 13.4. The lowest BCUT2D eigenvalue weighted by molar-refractivity contribution is 0.174. The van der Waals surface area contributed by atoms with Crippen molar-refractivity contribution in [2.24, 2.45) is 0 Å². The SMILES string of the molecule is COCCCNC(=O)N1Cc2ccccc2-n2cccc2C1c1ccc(C(C)C)cc1. The fourth-order valence-corrected chi connectivity index (χ4v) is 4.27. The quantitative estimate of drug-likeness (QED) is 0.557. The molecule has 2 aromatic carbocycles. The van der Waals surface area contributed by atoms with Crippen LogP contribution in [0, 0.1) is 0 Å². The van der Waals surface area contributed by atoms with E-state index < -0.39 is 0 Å². The highest BCUT2D eigenvalue weighted by molar-refractivity contribution is 5.76. The summed E-state index contributed by atoms with van der Waals surface area (Å²) in [6.07, 6.45) is 2.88. The highest BCUT2D eigenvalue weighted by Crippen LogP contribution is 2.36. The van der Waals surface area contributed by atoms with Gasteiger partial charge in [-0.1, -0.05) is 56.3 Å². The van der Waals surface area contributed by atoms with E-state index in [9.17, 15) is 4.79 Å². The Kier molecular flexibility index (Phi) is 6.42. The number of ether oxygens (including phenoxy) is 1. The minimum absolute atomic E-state index is 0.0570. The van der Waals surface area contributed by atoms with Crippen molar-refractivity contribution in [1.29, 1.82) is 0 Å². The number of methoxy groups -OCH3 is 1. The van der Waals surface area contributed by atoms with Gasteiger partial charge in [-0.3, -0.25) is 0 Å².